The number of halogens is 1. The molecule has 0 spiro atoms. The van der Waals surface area contributed by atoms with Crippen LogP contribution in [0.25, 0.3) is 0 Å². The van der Waals surface area contributed by atoms with Crippen LogP contribution in [-0.2, 0) is 11.3 Å². The Morgan fingerprint density at radius 3 is 2.40 bits per heavy atom. The molecule has 3 rings (SSSR count). The lowest BCUT2D eigenvalue weighted by Gasteiger charge is -2.40. The molecule has 2 aromatic carbocycles. The van der Waals surface area contributed by atoms with E-state index in [-0.39, 0.29) is 30.8 Å². The van der Waals surface area contributed by atoms with E-state index in [1.165, 1.54) is 4.90 Å². The van der Waals surface area contributed by atoms with Gasteiger partial charge in [-0.3, -0.25) is 14.5 Å². The Hall–Kier alpha value is -2.87. The van der Waals surface area contributed by atoms with Gasteiger partial charge < -0.3 is 14.9 Å². The Kier molecular flexibility index (Phi) is 6.77. The zero-order chi connectivity index (χ0) is 21.8. The minimum absolute atomic E-state index is 0.0327. The summed E-state index contributed by atoms with van der Waals surface area (Å²) in [6.45, 7) is 0.891. The maximum Gasteiger partial charge on any atom is 0.324 e. The molecule has 1 unspecified atom stereocenters. The first-order valence-corrected chi connectivity index (χ1v) is 10.4. The number of urea groups is 1. The molecule has 1 aliphatic rings. The molecule has 0 radical (unpaired) electrons. The molecule has 1 atom stereocenters. The first-order chi connectivity index (χ1) is 14.3. The number of carbonyl (C=O) groups is 3. The van der Waals surface area contributed by atoms with Crippen molar-refractivity contribution in [1.29, 1.82) is 0 Å². The van der Waals surface area contributed by atoms with Crippen LogP contribution in [0.5, 0.6) is 0 Å². The predicted octanol–water partition coefficient (Wildman–Crippen LogP) is 3.68. The monoisotopic (exact) mass is 473 g/mol. The van der Waals surface area contributed by atoms with E-state index in [9.17, 15) is 19.5 Å². The van der Waals surface area contributed by atoms with Gasteiger partial charge in [-0.2, -0.15) is 0 Å². The SMILES string of the molecule is CN(C)C(=O)c1ccccc1CN1CC(CC(=O)O)CN(c2ccc(Br)cc2)C1=O. The van der Waals surface area contributed by atoms with Crippen LogP contribution in [0.4, 0.5) is 10.5 Å². The van der Waals surface area contributed by atoms with Gasteiger partial charge in [0.05, 0.1) is 6.42 Å². The smallest absolute Gasteiger partial charge is 0.324 e. The number of carboxylic acid groups (broad SMARTS) is 1. The van der Waals surface area contributed by atoms with Crippen LogP contribution in [-0.4, -0.2) is 60.0 Å². The van der Waals surface area contributed by atoms with Crippen LogP contribution in [0.3, 0.4) is 0 Å². The molecule has 0 aliphatic carbocycles. The van der Waals surface area contributed by atoms with Crippen LogP contribution in [0.2, 0.25) is 0 Å². The van der Waals surface area contributed by atoms with Crippen molar-refractivity contribution in [3.05, 3.63) is 64.1 Å². The zero-order valence-corrected chi connectivity index (χ0v) is 18.5. The van der Waals surface area contributed by atoms with Crippen molar-refractivity contribution in [2.45, 2.75) is 13.0 Å². The number of carboxylic acids is 1. The fourth-order valence-corrected chi connectivity index (χ4v) is 3.88. The molecular weight excluding hydrogens is 450 g/mol. The fourth-order valence-electron chi connectivity index (χ4n) is 3.61. The van der Waals surface area contributed by atoms with Gasteiger partial charge in [0.2, 0.25) is 0 Å². The number of nitrogens with zero attached hydrogens (tertiary/aromatic N) is 3. The van der Waals surface area contributed by atoms with Crippen LogP contribution >= 0.6 is 15.9 Å². The number of benzene rings is 2. The van der Waals surface area contributed by atoms with Gasteiger partial charge in [-0.05, 0) is 35.9 Å². The number of rotatable bonds is 6. The molecule has 1 aliphatic heterocycles. The second kappa shape index (κ2) is 9.30. The van der Waals surface area contributed by atoms with Gasteiger partial charge in [-0.1, -0.05) is 34.1 Å². The highest BCUT2D eigenvalue weighted by Gasteiger charge is 2.34. The largest absolute Gasteiger partial charge is 0.481 e. The molecule has 2 aromatic rings. The molecule has 0 bridgehead atoms. The van der Waals surface area contributed by atoms with E-state index in [1.54, 1.807) is 36.0 Å². The molecule has 1 heterocycles. The van der Waals surface area contributed by atoms with Crippen molar-refractivity contribution < 1.29 is 19.5 Å². The van der Waals surface area contributed by atoms with Crippen LogP contribution in [0.15, 0.2) is 53.0 Å². The van der Waals surface area contributed by atoms with E-state index in [4.69, 9.17) is 0 Å². The average Bonchev–Trinajstić information content (AvgIpc) is 2.70. The minimum atomic E-state index is -0.895. The molecule has 1 N–H and O–H groups in total. The zero-order valence-electron chi connectivity index (χ0n) is 16.9. The summed E-state index contributed by atoms with van der Waals surface area (Å²) in [4.78, 5) is 41.9. The van der Waals surface area contributed by atoms with E-state index >= 15 is 0 Å². The van der Waals surface area contributed by atoms with Crippen LogP contribution < -0.4 is 4.90 Å². The maximum absolute atomic E-state index is 13.3. The highest BCUT2D eigenvalue weighted by molar-refractivity contribution is 9.10. The fraction of sp³-hybridized carbons (Fsp3) is 0.318. The van der Waals surface area contributed by atoms with Crippen molar-refractivity contribution >= 4 is 39.5 Å². The molecule has 1 fully saturated rings. The van der Waals surface area contributed by atoms with E-state index in [0.717, 1.165) is 10.0 Å². The average molecular weight is 474 g/mol. The lowest BCUT2D eigenvalue weighted by molar-refractivity contribution is -0.138. The van der Waals surface area contributed by atoms with Crippen molar-refractivity contribution in [3.63, 3.8) is 0 Å². The van der Waals surface area contributed by atoms with E-state index < -0.39 is 5.97 Å². The van der Waals surface area contributed by atoms with Crippen molar-refractivity contribution in [3.8, 4) is 0 Å². The Labute approximate surface area is 184 Å². The third-order valence-electron chi connectivity index (χ3n) is 5.04. The summed E-state index contributed by atoms with van der Waals surface area (Å²) in [7, 11) is 3.37. The Morgan fingerprint density at radius 2 is 1.77 bits per heavy atom. The molecule has 0 aromatic heterocycles. The molecule has 158 valence electrons. The van der Waals surface area contributed by atoms with Crippen molar-refractivity contribution in [2.24, 2.45) is 5.92 Å². The highest BCUT2D eigenvalue weighted by atomic mass is 79.9. The second-order valence-corrected chi connectivity index (χ2v) is 8.49. The maximum atomic E-state index is 13.3. The molecule has 0 saturated carbocycles. The van der Waals surface area contributed by atoms with E-state index in [0.29, 0.717) is 24.3 Å². The number of carbonyl (C=O) groups excluding carboxylic acids is 2. The summed E-state index contributed by atoms with van der Waals surface area (Å²) in [5, 5.41) is 9.30. The van der Waals surface area contributed by atoms with Gasteiger partial charge in [0.25, 0.3) is 5.91 Å². The lowest BCUT2D eigenvalue weighted by atomic mass is 9.99. The minimum Gasteiger partial charge on any atom is -0.481 e. The normalized spacial score (nSPS) is 16.5. The van der Waals surface area contributed by atoms with E-state index in [1.807, 2.05) is 36.4 Å². The molecule has 8 heteroatoms. The first-order valence-electron chi connectivity index (χ1n) is 9.59. The van der Waals surface area contributed by atoms with Gasteiger partial charge in [-0.15, -0.1) is 0 Å². The quantitative estimate of drug-likeness (QED) is 0.693. The first kappa shape index (κ1) is 21.8. The Morgan fingerprint density at radius 1 is 1.10 bits per heavy atom. The summed E-state index contributed by atoms with van der Waals surface area (Å²) in [5.74, 6) is -1.25. The van der Waals surface area contributed by atoms with Crippen LogP contribution in [0.1, 0.15) is 22.3 Å². The topological polar surface area (TPSA) is 81.2 Å². The summed E-state index contributed by atoms with van der Waals surface area (Å²) < 4.78 is 0.894. The Bertz CT molecular complexity index is 946. The van der Waals surface area contributed by atoms with Gasteiger partial charge in [0, 0.05) is 55.4 Å². The number of hydrogen-bond acceptors (Lipinski definition) is 3. The second-order valence-electron chi connectivity index (χ2n) is 7.57. The summed E-state index contributed by atoms with van der Waals surface area (Å²) >= 11 is 3.39. The summed E-state index contributed by atoms with van der Waals surface area (Å²) in [6.07, 6.45) is -0.0327. The van der Waals surface area contributed by atoms with Gasteiger partial charge in [0.15, 0.2) is 0 Å². The standard InChI is InChI=1S/C22H24BrN3O4/c1-24(2)21(29)19-6-4-3-5-16(19)14-25-12-15(11-20(27)28)13-26(22(25)30)18-9-7-17(23)8-10-18/h3-10,15H,11-14H2,1-2H3,(H,27,28). The van der Waals surface area contributed by atoms with Gasteiger partial charge in [-0.25, -0.2) is 4.79 Å². The summed E-state index contributed by atoms with van der Waals surface area (Å²) in [6, 6.07) is 14.3. The summed E-state index contributed by atoms with van der Waals surface area (Å²) in [5.41, 5.74) is 1.98. The molecule has 3 amide bonds. The van der Waals surface area contributed by atoms with E-state index in [2.05, 4.69) is 15.9 Å². The third-order valence-corrected chi connectivity index (χ3v) is 5.57. The molecule has 7 nitrogen and oxygen atoms in total. The number of hydrogen-bond donors (Lipinski definition) is 1. The molecular formula is C22H24BrN3O4. The van der Waals surface area contributed by atoms with Crippen molar-refractivity contribution in [2.75, 3.05) is 32.1 Å². The van der Waals surface area contributed by atoms with Crippen LogP contribution in [0, 0.1) is 5.92 Å². The number of aliphatic carboxylic acids is 1. The van der Waals surface area contributed by atoms with Crippen molar-refractivity contribution in [1.82, 2.24) is 9.80 Å². The Balaban J connectivity index is 1.91. The predicted molar refractivity (Wildman–Crippen MR) is 117 cm³/mol. The third kappa shape index (κ3) is 4.99. The lowest BCUT2D eigenvalue weighted by Crippen LogP contribution is -2.53. The molecule has 1 saturated heterocycles. The highest BCUT2D eigenvalue weighted by Crippen LogP contribution is 2.27. The van der Waals surface area contributed by atoms with Gasteiger partial charge >= 0.3 is 12.0 Å². The van der Waals surface area contributed by atoms with Gasteiger partial charge in [0.1, 0.15) is 0 Å². The number of amides is 3. The molecule has 30 heavy (non-hydrogen) atoms. The number of anilines is 1.